The number of methoxy groups -OCH3 is 1. The molecule has 2 aromatic carbocycles. The van der Waals surface area contributed by atoms with E-state index in [2.05, 4.69) is 5.32 Å². The number of halogens is 1. The van der Waals surface area contributed by atoms with Crippen LogP contribution in [0, 0.1) is 17.1 Å². The number of carbonyl (C=O) groups is 2. The molecule has 0 unspecified atom stereocenters. The van der Waals surface area contributed by atoms with E-state index in [4.69, 9.17) is 20.5 Å². The Balaban J connectivity index is 1.84. The topological polar surface area (TPSA) is 114 Å². The summed E-state index contributed by atoms with van der Waals surface area (Å²) in [5, 5.41) is 11.4. The van der Waals surface area contributed by atoms with E-state index >= 15 is 0 Å². The summed E-state index contributed by atoms with van der Waals surface area (Å²) in [7, 11) is 1.47. The summed E-state index contributed by atoms with van der Waals surface area (Å²) < 4.78 is 24.1. The molecule has 0 bridgehead atoms. The molecular formula is C19H18FN3O4. The van der Waals surface area contributed by atoms with Crippen molar-refractivity contribution in [3.8, 4) is 17.6 Å². The number of anilines is 1. The maximum atomic E-state index is 13.4. The van der Waals surface area contributed by atoms with Gasteiger partial charge in [-0.1, -0.05) is 0 Å². The van der Waals surface area contributed by atoms with Gasteiger partial charge in [-0.3, -0.25) is 9.59 Å². The molecule has 7 nitrogen and oxygen atoms in total. The lowest BCUT2D eigenvalue weighted by atomic mass is 10.1. The van der Waals surface area contributed by atoms with Crippen LogP contribution in [-0.2, 0) is 4.79 Å². The maximum Gasteiger partial charge on any atom is 0.251 e. The van der Waals surface area contributed by atoms with Crippen LogP contribution in [-0.4, -0.2) is 25.5 Å². The van der Waals surface area contributed by atoms with Gasteiger partial charge in [0.15, 0.2) is 11.5 Å². The molecule has 0 aliphatic heterocycles. The molecule has 0 atom stereocenters. The van der Waals surface area contributed by atoms with E-state index in [0.717, 1.165) is 6.07 Å². The van der Waals surface area contributed by atoms with Gasteiger partial charge in [-0.15, -0.1) is 0 Å². The first kappa shape index (κ1) is 19.7. The van der Waals surface area contributed by atoms with Crippen molar-refractivity contribution in [3.63, 3.8) is 0 Å². The quantitative estimate of drug-likeness (QED) is 0.692. The number of nitriles is 1. The molecule has 140 valence electrons. The van der Waals surface area contributed by atoms with Gasteiger partial charge in [-0.25, -0.2) is 4.39 Å². The summed E-state index contributed by atoms with van der Waals surface area (Å²) in [6.45, 7) is 0.256. The monoisotopic (exact) mass is 371 g/mol. The van der Waals surface area contributed by atoms with E-state index in [1.807, 2.05) is 6.07 Å². The van der Waals surface area contributed by atoms with Crippen molar-refractivity contribution in [1.29, 1.82) is 5.26 Å². The van der Waals surface area contributed by atoms with Crippen molar-refractivity contribution < 1.29 is 23.5 Å². The van der Waals surface area contributed by atoms with Gasteiger partial charge in [0.25, 0.3) is 5.91 Å². The molecule has 27 heavy (non-hydrogen) atoms. The van der Waals surface area contributed by atoms with Crippen molar-refractivity contribution in [2.45, 2.75) is 12.8 Å². The van der Waals surface area contributed by atoms with E-state index in [1.54, 1.807) is 18.2 Å². The fourth-order valence-electron chi connectivity index (χ4n) is 2.29. The average Bonchev–Trinajstić information content (AvgIpc) is 2.66. The van der Waals surface area contributed by atoms with E-state index in [-0.39, 0.29) is 30.2 Å². The average molecular weight is 371 g/mol. The number of ether oxygens (including phenoxy) is 2. The smallest absolute Gasteiger partial charge is 0.251 e. The number of carbonyl (C=O) groups excluding carboxylic acids is 2. The van der Waals surface area contributed by atoms with Gasteiger partial charge in [-0.2, -0.15) is 5.26 Å². The molecule has 0 radical (unpaired) electrons. The Labute approximate surface area is 155 Å². The van der Waals surface area contributed by atoms with E-state index in [1.165, 1.54) is 19.2 Å². The third-order valence-corrected chi connectivity index (χ3v) is 3.61. The zero-order valence-corrected chi connectivity index (χ0v) is 14.6. The third kappa shape index (κ3) is 5.44. The second kappa shape index (κ2) is 9.20. The highest BCUT2D eigenvalue weighted by atomic mass is 19.1. The van der Waals surface area contributed by atoms with Gasteiger partial charge in [-0.05, 0) is 36.8 Å². The van der Waals surface area contributed by atoms with Crippen molar-refractivity contribution >= 4 is 17.5 Å². The van der Waals surface area contributed by atoms with Crippen molar-refractivity contribution in [3.05, 3.63) is 53.3 Å². The SMILES string of the molecule is COc1cc(C#N)ccc1OCCCC(=O)Nc1ccc(F)c(C(N)=O)c1. The molecule has 0 aliphatic carbocycles. The van der Waals surface area contributed by atoms with Crippen LogP contribution < -0.4 is 20.5 Å². The van der Waals surface area contributed by atoms with Crippen molar-refractivity contribution in [1.82, 2.24) is 0 Å². The minimum atomic E-state index is -0.909. The number of benzene rings is 2. The summed E-state index contributed by atoms with van der Waals surface area (Å²) in [4.78, 5) is 23.1. The van der Waals surface area contributed by atoms with Crippen LogP contribution in [0.3, 0.4) is 0 Å². The number of nitrogens with one attached hydrogen (secondary N) is 1. The Bertz CT molecular complexity index is 893. The van der Waals surface area contributed by atoms with Crippen LogP contribution in [0.2, 0.25) is 0 Å². The van der Waals surface area contributed by atoms with E-state index in [9.17, 15) is 14.0 Å². The van der Waals surface area contributed by atoms with Crippen LogP contribution in [0.15, 0.2) is 36.4 Å². The normalized spacial score (nSPS) is 9.96. The van der Waals surface area contributed by atoms with Crippen LogP contribution in [0.1, 0.15) is 28.8 Å². The van der Waals surface area contributed by atoms with Crippen molar-refractivity contribution in [2.75, 3.05) is 19.0 Å². The second-order valence-corrected chi connectivity index (χ2v) is 5.54. The predicted molar refractivity (Wildman–Crippen MR) is 96.0 cm³/mol. The number of primary amides is 1. The Kier molecular flexibility index (Phi) is 6.72. The zero-order chi connectivity index (χ0) is 19.8. The highest BCUT2D eigenvalue weighted by Crippen LogP contribution is 2.28. The minimum Gasteiger partial charge on any atom is -0.493 e. The van der Waals surface area contributed by atoms with Gasteiger partial charge in [0, 0.05) is 18.2 Å². The molecule has 3 N–H and O–H groups in total. The summed E-state index contributed by atoms with van der Waals surface area (Å²) in [5.74, 6) is -1.06. The van der Waals surface area contributed by atoms with Crippen LogP contribution in [0.5, 0.6) is 11.5 Å². The number of nitrogens with zero attached hydrogens (tertiary/aromatic N) is 1. The molecule has 0 saturated heterocycles. The van der Waals surface area contributed by atoms with Crippen LogP contribution in [0.25, 0.3) is 0 Å². The molecule has 0 fully saturated rings. The van der Waals surface area contributed by atoms with Crippen molar-refractivity contribution in [2.24, 2.45) is 5.73 Å². The molecule has 8 heteroatoms. The Morgan fingerprint density at radius 1 is 1.22 bits per heavy atom. The lowest BCUT2D eigenvalue weighted by Crippen LogP contribution is -2.16. The number of amides is 2. The third-order valence-electron chi connectivity index (χ3n) is 3.61. The standard InChI is InChI=1S/C19H18FN3O4/c1-26-17-9-12(11-21)4-7-16(17)27-8-2-3-18(24)23-13-5-6-15(20)14(10-13)19(22)25/h4-7,9-10H,2-3,8H2,1H3,(H2,22,25)(H,23,24). The van der Waals surface area contributed by atoms with Crippen LogP contribution >= 0.6 is 0 Å². The number of hydrogen-bond acceptors (Lipinski definition) is 5. The Morgan fingerprint density at radius 2 is 2.00 bits per heavy atom. The molecule has 2 rings (SSSR count). The number of hydrogen-bond donors (Lipinski definition) is 2. The molecule has 0 spiro atoms. The fraction of sp³-hybridized carbons (Fsp3) is 0.211. The van der Waals surface area contributed by atoms with Gasteiger partial charge in [0.2, 0.25) is 5.91 Å². The fourth-order valence-corrected chi connectivity index (χ4v) is 2.29. The van der Waals surface area contributed by atoms with Gasteiger partial charge in [0.05, 0.1) is 30.9 Å². The summed E-state index contributed by atoms with van der Waals surface area (Å²) >= 11 is 0. The summed E-state index contributed by atoms with van der Waals surface area (Å²) in [5.41, 5.74) is 5.52. The summed E-state index contributed by atoms with van der Waals surface area (Å²) in [6.07, 6.45) is 0.570. The molecule has 0 aliphatic rings. The van der Waals surface area contributed by atoms with Gasteiger partial charge in [0.1, 0.15) is 5.82 Å². The maximum absolute atomic E-state index is 13.4. The summed E-state index contributed by atoms with van der Waals surface area (Å²) in [6, 6.07) is 10.4. The number of rotatable bonds is 8. The van der Waals surface area contributed by atoms with E-state index in [0.29, 0.717) is 23.5 Å². The molecule has 0 aromatic heterocycles. The molecule has 0 heterocycles. The first-order chi connectivity index (χ1) is 12.9. The lowest BCUT2D eigenvalue weighted by Gasteiger charge is -2.11. The Hall–Kier alpha value is -3.60. The minimum absolute atomic E-state index is 0.155. The zero-order valence-electron chi connectivity index (χ0n) is 14.6. The largest absolute Gasteiger partial charge is 0.493 e. The van der Waals surface area contributed by atoms with Gasteiger partial charge >= 0.3 is 0 Å². The van der Waals surface area contributed by atoms with Gasteiger partial charge < -0.3 is 20.5 Å². The first-order valence-corrected chi connectivity index (χ1v) is 8.04. The predicted octanol–water partition coefficient (Wildman–Crippen LogP) is 2.60. The Morgan fingerprint density at radius 3 is 2.67 bits per heavy atom. The van der Waals surface area contributed by atoms with Crippen LogP contribution in [0.4, 0.5) is 10.1 Å². The molecule has 0 saturated carbocycles. The number of nitrogens with two attached hydrogens (primary N) is 1. The highest BCUT2D eigenvalue weighted by Gasteiger charge is 2.11. The first-order valence-electron chi connectivity index (χ1n) is 8.04. The highest BCUT2D eigenvalue weighted by molar-refractivity contribution is 5.96. The lowest BCUT2D eigenvalue weighted by molar-refractivity contribution is -0.116. The molecule has 2 amide bonds. The molecular weight excluding hydrogens is 353 g/mol. The van der Waals surface area contributed by atoms with E-state index < -0.39 is 11.7 Å². The molecule has 2 aromatic rings. The second-order valence-electron chi connectivity index (χ2n) is 5.54.